The van der Waals surface area contributed by atoms with Gasteiger partial charge in [-0.2, -0.15) is 4.31 Å². The van der Waals surface area contributed by atoms with Crippen molar-refractivity contribution in [3.63, 3.8) is 0 Å². The van der Waals surface area contributed by atoms with E-state index >= 15 is 0 Å². The van der Waals surface area contributed by atoms with Crippen LogP contribution in [0, 0.1) is 0 Å². The average molecular weight is 305 g/mol. The summed E-state index contributed by atoms with van der Waals surface area (Å²) in [5.74, 6) is 0.0461. The molecule has 7 heteroatoms. The smallest absolute Gasteiger partial charge is 0.243 e. The van der Waals surface area contributed by atoms with Crippen LogP contribution >= 0.6 is 11.6 Å². The summed E-state index contributed by atoms with van der Waals surface area (Å²) < 4.78 is 25.8. The number of sulfonamides is 1. The van der Waals surface area contributed by atoms with Gasteiger partial charge in [0.05, 0.1) is 4.90 Å². The average Bonchev–Trinajstić information content (AvgIpc) is 2.35. The number of benzene rings is 1. The summed E-state index contributed by atoms with van der Waals surface area (Å²) in [6.45, 7) is 3.79. The number of rotatable bonds is 6. The number of hydrogen-bond acceptors (Lipinski definition) is 3. The van der Waals surface area contributed by atoms with Gasteiger partial charge in [0.15, 0.2) is 0 Å². The Morgan fingerprint density at radius 2 is 1.89 bits per heavy atom. The van der Waals surface area contributed by atoms with E-state index in [1.165, 1.54) is 23.4 Å². The van der Waals surface area contributed by atoms with Crippen LogP contribution in [0.25, 0.3) is 0 Å². The Bertz CT molecular complexity index is 528. The molecule has 0 unspecified atom stereocenters. The van der Waals surface area contributed by atoms with Crippen LogP contribution in [0.5, 0.6) is 0 Å². The number of anilines is 1. The van der Waals surface area contributed by atoms with Crippen LogP contribution in [0.1, 0.15) is 13.8 Å². The monoisotopic (exact) mass is 304 g/mol. The highest BCUT2D eigenvalue weighted by Gasteiger charge is 2.22. The highest BCUT2D eigenvalue weighted by molar-refractivity contribution is 7.89. The molecule has 106 valence electrons. The van der Waals surface area contributed by atoms with Gasteiger partial charge in [0.2, 0.25) is 15.9 Å². The first-order chi connectivity index (χ1) is 8.91. The van der Waals surface area contributed by atoms with Crippen LogP contribution in [0.2, 0.25) is 0 Å². The van der Waals surface area contributed by atoms with Gasteiger partial charge in [-0.05, 0) is 24.3 Å². The third kappa shape index (κ3) is 4.19. The number of alkyl halides is 1. The van der Waals surface area contributed by atoms with Gasteiger partial charge in [0.25, 0.3) is 0 Å². The highest BCUT2D eigenvalue weighted by atomic mass is 35.5. The van der Waals surface area contributed by atoms with E-state index in [9.17, 15) is 13.2 Å². The molecule has 0 radical (unpaired) electrons. The zero-order chi connectivity index (χ0) is 14.5. The minimum absolute atomic E-state index is 0.188. The molecule has 5 nitrogen and oxygen atoms in total. The second-order valence-electron chi connectivity index (χ2n) is 3.89. The van der Waals surface area contributed by atoms with Crippen molar-refractivity contribution in [1.29, 1.82) is 0 Å². The molecule has 0 saturated heterocycles. The van der Waals surface area contributed by atoms with E-state index in [4.69, 9.17) is 11.6 Å². The van der Waals surface area contributed by atoms with E-state index in [-0.39, 0.29) is 23.2 Å². The van der Waals surface area contributed by atoms with Gasteiger partial charge in [-0.3, -0.25) is 4.79 Å². The number of halogens is 1. The van der Waals surface area contributed by atoms with Crippen molar-refractivity contribution in [3.05, 3.63) is 24.3 Å². The third-order valence-corrected chi connectivity index (χ3v) is 4.66. The SMILES string of the molecule is CCN(CCCl)S(=O)(=O)c1ccc(NC(C)=O)cc1. The van der Waals surface area contributed by atoms with E-state index in [0.717, 1.165) is 0 Å². The van der Waals surface area contributed by atoms with Gasteiger partial charge < -0.3 is 5.32 Å². The van der Waals surface area contributed by atoms with Gasteiger partial charge in [-0.15, -0.1) is 11.6 Å². The van der Waals surface area contributed by atoms with Crippen LogP contribution in [0.3, 0.4) is 0 Å². The maximum atomic E-state index is 12.3. The van der Waals surface area contributed by atoms with Crippen LogP contribution in [0.15, 0.2) is 29.2 Å². The van der Waals surface area contributed by atoms with Crippen LogP contribution in [0.4, 0.5) is 5.69 Å². The number of hydrogen-bond donors (Lipinski definition) is 1. The predicted molar refractivity (Wildman–Crippen MR) is 75.9 cm³/mol. The molecule has 0 aromatic heterocycles. The minimum Gasteiger partial charge on any atom is -0.326 e. The molecule has 0 heterocycles. The first-order valence-electron chi connectivity index (χ1n) is 5.85. The second-order valence-corrected chi connectivity index (χ2v) is 6.21. The van der Waals surface area contributed by atoms with E-state index in [0.29, 0.717) is 12.2 Å². The van der Waals surface area contributed by atoms with Crippen LogP contribution in [-0.4, -0.2) is 37.6 Å². The Morgan fingerprint density at radius 3 is 2.32 bits per heavy atom. The standard InChI is InChI=1S/C12H17ClN2O3S/c1-3-15(9-8-13)19(17,18)12-6-4-11(5-7-12)14-10(2)16/h4-7H,3,8-9H2,1-2H3,(H,14,16). The predicted octanol–water partition coefficient (Wildman–Crippen LogP) is 1.89. The van der Waals surface area contributed by atoms with Crippen molar-refractivity contribution in [1.82, 2.24) is 4.31 Å². The van der Waals surface area contributed by atoms with Crippen molar-refractivity contribution in [2.75, 3.05) is 24.3 Å². The van der Waals surface area contributed by atoms with Gasteiger partial charge in [0.1, 0.15) is 0 Å². The lowest BCUT2D eigenvalue weighted by atomic mass is 10.3. The molecule has 0 atom stereocenters. The van der Waals surface area contributed by atoms with Gasteiger partial charge >= 0.3 is 0 Å². The van der Waals surface area contributed by atoms with Crippen molar-refractivity contribution < 1.29 is 13.2 Å². The number of amides is 1. The Balaban J connectivity index is 2.98. The summed E-state index contributed by atoms with van der Waals surface area (Å²) in [4.78, 5) is 11.1. The third-order valence-electron chi connectivity index (χ3n) is 2.50. The number of nitrogens with one attached hydrogen (secondary N) is 1. The Labute approximate surface area is 118 Å². The van der Waals surface area contributed by atoms with Crippen molar-refractivity contribution in [2.45, 2.75) is 18.7 Å². The molecule has 1 aromatic carbocycles. The molecule has 0 bridgehead atoms. The summed E-state index contributed by atoms with van der Waals surface area (Å²) >= 11 is 5.60. The van der Waals surface area contributed by atoms with Gasteiger partial charge in [-0.1, -0.05) is 6.92 Å². The van der Waals surface area contributed by atoms with E-state index in [1.807, 2.05) is 0 Å². The molecule has 0 aliphatic carbocycles. The molecule has 1 aromatic rings. The molecule has 0 fully saturated rings. The molecular weight excluding hydrogens is 288 g/mol. The maximum Gasteiger partial charge on any atom is 0.243 e. The highest BCUT2D eigenvalue weighted by Crippen LogP contribution is 2.18. The fraction of sp³-hybridized carbons (Fsp3) is 0.417. The molecule has 0 saturated carbocycles. The quantitative estimate of drug-likeness (QED) is 0.816. The summed E-state index contributed by atoms with van der Waals surface area (Å²) in [5, 5.41) is 2.58. The van der Waals surface area contributed by atoms with Gasteiger partial charge in [-0.25, -0.2) is 8.42 Å². The molecule has 0 aliphatic heterocycles. The van der Waals surface area contributed by atoms with Gasteiger partial charge in [0, 0.05) is 31.6 Å². The Morgan fingerprint density at radius 1 is 1.32 bits per heavy atom. The zero-order valence-corrected chi connectivity index (χ0v) is 12.5. The largest absolute Gasteiger partial charge is 0.326 e. The zero-order valence-electron chi connectivity index (χ0n) is 10.9. The van der Waals surface area contributed by atoms with E-state index in [2.05, 4.69) is 5.32 Å². The molecule has 1 rings (SSSR count). The summed E-state index contributed by atoms with van der Waals surface area (Å²) in [6, 6.07) is 6.06. The maximum absolute atomic E-state index is 12.3. The second kappa shape index (κ2) is 6.88. The molecule has 0 aliphatic rings. The Hall–Kier alpha value is -1.11. The lowest BCUT2D eigenvalue weighted by Gasteiger charge is -2.19. The van der Waals surface area contributed by atoms with Crippen LogP contribution < -0.4 is 5.32 Å². The number of nitrogens with zero attached hydrogens (tertiary/aromatic N) is 1. The van der Waals surface area contributed by atoms with E-state index in [1.54, 1.807) is 19.1 Å². The topological polar surface area (TPSA) is 66.5 Å². The fourth-order valence-electron chi connectivity index (χ4n) is 1.61. The molecule has 1 amide bonds. The molecular formula is C12H17ClN2O3S. The summed E-state index contributed by atoms with van der Waals surface area (Å²) in [7, 11) is -3.52. The van der Waals surface area contributed by atoms with Crippen molar-refractivity contribution in [3.8, 4) is 0 Å². The fourth-order valence-corrected chi connectivity index (χ4v) is 3.36. The van der Waals surface area contributed by atoms with Crippen molar-refractivity contribution in [2.24, 2.45) is 0 Å². The van der Waals surface area contributed by atoms with E-state index < -0.39 is 10.0 Å². The summed E-state index contributed by atoms with van der Waals surface area (Å²) in [6.07, 6.45) is 0. The first-order valence-corrected chi connectivity index (χ1v) is 7.83. The van der Waals surface area contributed by atoms with Crippen molar-refractivity contribution >= 4 is 33.2 Å². The van der Waals surface area contributed by atoms with Crippen LogP contribution in [-0.2, 0) is 14.8 Å². The molecule has 0 spiro atoms. The normalized spacial score (nSPS) is 11.6. The Kier molecular flexibility index (Phi) is 5.78. The molecule has 19 heavy (non-hydrogen) atoms. The number of carbonyl (C=O) groups is 1. The summed E-state index contributed by atoms with van der Waals surface area (Å²) in [5.41, 5.74) is 0.562. The molecule has 1 N–H and O–H groups in total. The number of carbonyl (C=O) groups excluding carboxylic acids is 1. The lowest BCUT2D eigenvalue weighted by molar-refractivity contribution is -0.114. The lowest BCUT2D eigenvalue weighted by Crippen LogP contribution is -2.32. The first kappa shape index (κ1) is 15.9. The minimum atomic E-state index is -3.52.